The molecule has 0 saturated carbocycles. The molecule has 0 aliphatic rings. The van der Waals surface area contributed by atoms with Crippen LogP contribution in [-0.2, 0) is 4.79 Å². The highest BCUT2D eigenvalue weighted by atomic mass is 79.9. The minimum Gasteiger partial charge on any atom is -0.482 e. The molecule has 0 aromatic heterocycles. The van der Waals surface area contributed by atoms with Crippen LogP contribution in [-0.4, -0.2) is 12.6 Å². The second-order valence-electron chi connectivity index (χ2n) is 5.62. The molecule has 0 heterocycles. The summed E-state index contributed by atoms with van der Waals surface area (Å²) in [5.41, 5.74) is 2.15. The van der Waals surface area contributed by atoms with Crippen molar-refractivity contribution in [2.45, 2.75) is 13.8 Å². The van der Waals surface area contributed by atoms with E-state index in [0.717, 1.165) is 26.4 Å². The standard InChI is InChI=1S/C20H17BrO3/c1-13-7-9-18(14(2)11-13)23-12-20(22)24-19-10-8-17(21)15-5-3-4-6-16(15)19/h3-11H,12H2,1-2H3. The summed E-state index contributed by atoms with van der Waals surface area (Å²) in [7, 11) is 0. The third-order valence-electron chi connectivity index (χ3n) is 3.73. The molecule has 0 spiro atoms. The molecule has 4 heteroatoms. The van der Waals surface area contributed by atoms with Gasteiger partial charge in [-0.2, -0.15) is 0 Å². The number of rotatable bonds is 4. The summed E-state index contributed by atoms with van der Waals surface area (Å²) >= 11 is 3.51. The highest BCUT2D eigenvalue weighted by Crippen LogP contribution is 2.31. The van der Waals surface area contributed by atoms with Crippen LogP contribution in [0.4, 0.5) is 0 Å². The second-order valence-corrected chi connectivity index (χ2v) is 6.48. The molecule has 0 fully saturated rings. The van der Waals surface area contributed by atoms with Crippen LogP contribution in [0.15, 0.2) is 59.1 Å². The van der Waals surface area contributed by atoms with E-state index in [4.69, 9.17) is 9.47 Å². The average molecular weight is 385 g/mol. The highest BCUT2D eigenvalue weighted by Gasteiger charge is 2.11. The maximum absolute atomic E-state index is 12.1. The van der Waals surface area contributed by atoms with Crippen LogP contribution in [0.5, 0.6) is 11.5 Å². The van der Waals surface area contributed by atoms with Gasteiger partial charge in [-0.25, -0.2) is 4.79 Å². The van der Waals surface area contributed by atoms with E-state index >= 15 is 0 Å². The Labute approximate surface area is 149 Å². The van der Waals surface area contributed by atoms with Gasteiger partial charge in [0, 0.05) is 9.86 Å². The van der Waals surface area contributed by atoms with Crippen molar-refractivity contribution >= 4 is 32.7 Å². The lowest BCUT2D eigenvalue weighted by atomic mass is 10.1. The molecule has 0 radical (unpaired) electrons. The number of fused-ring (bicyclic) bond motifs is 1. The fourth-order valence-corrected chi connectivity index (χ4v) is 3.05. The number of hydrogen-bond acceptors (Lipinski definition) is 3. The molecule has 3 nitrogen and oxygen atoms in total. The summed E-state index contributed by atoms with van der Waals surface area (Å²) in [5, 5.41) is 1.88. The first-order valence-electron chi connectivity index (χ1n) is 7.62. The first kappa shape index (κ1) is 16.5. The van der Waals surface area contributed by atoms with Crippen molar-refractivity contribution in [2.24, 2.45) is 0 Å². The molecule has 0 saturated heterocycles. The zero-order chi connectivity index (χ0) is 17.1. The molecule has 0 amide bonds. The van der Waals surface area contributed by atoms with Crippen molar-refractivity contribution in [3.05, 3.63) is 70.2 Å². The van der Waals surface area contributed by atoms with Crippen LogP contribution in [0, 0.1) is 13.8 Å². The van der Waals surface area contributed by atoms with E-state index in [0.29, 0.717) is 11.5 Å². The number of hydrogen-bond donors (Lipinski definition) is 0. The number of benzene rings is 3. The van der Waals surface area contributed by atoms with Crippen molar-refractivity contribution in [3.63, 3.8) is 0 Å². The highest BCUT2D eigenvalue weighted by molar-refractivity contribution is 9.10. The predicted molar refractivity (Wildman–Crippen MR) is 98.7 cm³/mol. The van der Waals surface area contributed by atoms with Crippen LogP contribution in [0.25, 0.3) is 10.8 Å². The van der Waals surface area contributed by atoms with Crippen LogP contribution in [0.2, 0.25) is 0 Å². The fraction of sp³-hybridized carbons (Fsp3) is 0.150. The number of ether oxygens (including phenoxy) is 2. The summed E-state index contributed by atoms with van der Waals surface area (Å²) in [4.78, 5) is 12.1. The molecular weight excluding hydrogens is 368 g/mol. The predicted octanol–water partition coefficient (Wildman–Crippen LogP) is 5.20. The minimum absolute atomic E-state index is 0.131. The molecule has 3 rings (SSSR count). The topological polar surface area (TPSA) is 35.5 Å². The molecular formula is C20H17BrO3. The van der Waals surface area contributed by atoms with E-state index in [9.17, 15) is 4.79 Å². The number of halogens is 1. The van der Waals surface area contributed by atoms with Gasteiger partial charge in [-0.05, 0) is 43.0 Å². The van der Waals surface area contributed by atoms with E-state index < -0.39 is 5.97 Å². The number of carbonyl (C=O) groups is 1. The SMILES string of the molecule is Cc1ccc(OCC(=O)Oc2ccc(Br)c3ccccc23)c(C)c1. The van der Waals surface area contributed by atoms with Crippen molar-refractivity contribution in [1.29, 1.82) is 0 Å². The first-order chi connectivity index (χ1) is 11.5. The van der Waals surface area contributed by atoms with Crippen LogP contribution >= 0.6 is 15.9 Å². The van der Waals surface area contributed by atoms with Crippen molar-refractivity contribution in [2.75, 3.05) is 6.61 Å². The van der Waals surface area contributed by atoms with Gasteiger partial charge in [-0.15, -0.1) is 0 Å². The Hall–Kier alpha value is -2.33. The van der Waals surface area contributed by atoms with Gasteiger partial charge >= 0.3 is 5.97 Å². The van der Waals surface area contributed by atoms with Crippen LogP contribution in [0.1, 0.15) is 11.1 Å². The van der Waals surface area contributed by atoms with Crippen molar-refractivity contribution in [1.82, 2.24) is 0 Å². The molecule has 0 atom stereocenters. The molecule has 0 N–H and O–H groups in total. The Bertz CT molecular complexity index is 903. The van der Waals surface area contributed by atoms with E-state index in [2.05, 4.69) is 15.9 Å². The summed E-state index contributed by atoms with van der Waals surface area (Å²) < 4.78 is 12.0. The third kappa shape index (κ3) is 3.60. The maximum Gasteiger partial charge on any atom is 0.349 e. The number of aryl methyl sites for hydroxylation is 2. The third-order valence-corrected chi connectivity index (χ3v) is 4.42. The fourth-order valence-electron chi connectivity index (χ4n) is 2.57. The van der Waals surface area contributed by atoms with Gasteiger partial charge in [0.15, 0.2) is 6.61 Å². The molecule has 0 bridgehead atoms. The Morgan fingerprint density at radius 2 is 1.67 bits per heavy atom. The van der Waals surface area contributed by atoms with Crippen LogP contribution in [0.3, 0.4) is 0 Å². The first-order valence-corrected chi connectivity index (χ1v) is 8.42. The smallest absolute Gasteiger partial charge is 0.349 e. The summed E-state index contributed by atoms with van der Waals surface area (Å²) in [6.07, 6.45) is 0. The van der Waals surface area contributed by atoms with Gasteiger partial charge in [0.2, 0.25) is 0 Å². The monoisotopic (exact) mass is 384 g/mol. The van der Waals surface area contributed by atoms with E-state index in [1.807, 2.05) is 62.4 Å². The zero-order valence-corrected chi connectivity index (χ0v) is 15.1. The summed E-state index contributed by atoms with van der Waals surface area (Å²) in [5.74, 6) is 0.795. The maximum atomic E-state index is 12.1. The Morgan fingerprint density at radius 1 is 0.958 bits per heavy atom. The second kappa shape index (κ2) is 7.05. The average Bonchev–Trinajstić information content (AvgIpc) is 2.57. The van der Waals surface area contributed by atoms with Gasteiger partial charge in [0.1, 0.15) is 11.5 Å². The van der Waals surface area contributed by atoms with Gasteiger partial charge < -0.3 is 9.47 Å². The Balaban J connectivity index is 1.72. The van der Waals surface area contributed by atoms with Gasteiger partial charge in [-0.1, -0.05) is 57.9 Å². The van der Waals surface area contributed by atoms with E-state index in [-0.39, 0.29) is 6.61 Å². The Morgan fingerprint density at radius 3 is 2.42 bits per heavy atom. The van der Waals surface area contributed by atoms with Gasteiger partial charge in [0.05, 0.1) is 0 Å². The number of esters is 1. The lowest BCUT2D eigenvalue weighted by Crippen LogP contribution is -2.18. The molecule has 24 heavy (non-hydrogen) atoms. The van der Waals surface area contributed by atoms with Crippen LogP contribution < -0.4 is 9.47 Å². The molecule has 3 aromatic rings. The summed E-state index contributed by atoms with van der Waals surface area (Å²) in [6.45, 7) is 3.84. The van der Waals surface area contributed by atoms with E-state index in [1.165, 1.54) is 0 Å². The van der Waals surface area contributed by atoms with Gasteiger partial charge in [0.25, 0.3) is 0 Å². The Kier molecular flexibility index (Phi) is 4.86. The van der Waals surface area contributed by atoms with E-state index in [1.54, 1.807) is 6.07 Å². The molecule has 3 aromatic carbocycles. The van der Waals surface area contributed by atoms with Crippen molar-refractivity contribution in [3.8, 4) is 11.5 Å². The largest absolute Gasteiger partial charge is 0.482 e. The molecule has 0 aliphatic heterocycles. The lowest BCUT2D eigenvalue weighted by Gasteiger charge is -2.11. The molecule has 0 aliphatic carbocycles. The normalized spacial score (nSPS) is 10.6. The number of carbonyl (C=O) groups excluding carboxylic acids is 1. The van der Waals surface area contributed by atoms with Crippen molar-refractivity contribution < 1.29 is 14.3 Å². The molecule has 122 valence electrons. The van der Waals surface area contributed by atoms with Gasteiger partial charge in [-0.3, -0.25) is 0 Å². The zero-order valence-electron chi connectivity index (χ0n) is 13.5. The quantitative estimate of drug-likeness (QED) is 0.457. The molecule has 0 unspecified atom stereocenters. The summed E-state index contributed by atoms with van der Waals surface area (Å²) in [6, 6.07) is 17.2. The lowest BCUT2D eigenvalue weighted by molar-refractivity contribution is -0.136. The minimum atomic E-state index is -0.428.